The molecule has 11 heteroatoms. The van der Waals surface area contributed by atoms with Gasteiger partial charge in [0.2, 0.25) is 10.0 Å². The Morgan fingerprint density at radius 2 is 2.02 bits per heavy atom. The molecular weight excluding hydrogens is 628 g/mol. The first-order valence-electron chi connectivity index (χ1n) is 16.4. The van der Waals surface area contributed by atoms with Crippen molar-refractivity contribution in [2.24, 2.45) is 11.8 Å². The highest BCUT2D eigenvalue weighted by Gasteiger charge is 2.44. The highest BCUT2D eigenvalue weighted by Crippen LogP contribution is 2.47. The van der Waals surface area contributed by atoms with Crippen LogP contribution in [0, 0.1) is 11.8 Å². The molecular formula is C35H45ClN2O7S. The molecule has 2 unspecified atom stereocenters. The van der Waals surface area contributed by atoms with Crippen molar-refractivity contribution in [3.63, 3.8) is 0 Å². The number of hydrogen-bond acceptors (Lipinski definition) is 8. The summed E-state index contributed by atoms with van der Waals surface area (Å²) < 4.78 is 47.1. The summed E-state index contributed by atoms with van der Waals surface area (Å²) in [7, 11) is -0.943. The van der Waals surface area contributed by atoms with Crippen molar-refractivity contribution < 1.29 is 32.5 Å². The number of anilines is 1. The maximum absolute atomic E-state index is 13.6. The van der Waals surface area contributed by atoms with E-state index in [1.807, 2.05) is 12.1 Å². The van der Waals surface area contributed by atoms with E-state index in [0.29, 0.717) is 37.2 Å². The molecule has 0 saturated heterocycles. The lowest BCUT2D eigenvalue weighted by atomic mass is 9.68. The normalized spacial score (nSPS) is 30.5. The summed E-state index contributed by atoms with van der Waals surface area (Å²) in [6.07, 6.45) is 8.67. The lowest BCUT2D eigenvalue weighted by molar-refractivity contribution is 0.0131. The van der Waals surface area contributed by atoms with E-state index in [9.17, 15) is 18.3 Å². The van der Waals surface area contributed by atoms with E-state index >= 15 is 0 Å². The molecule has 1 fully saturated rings. The molecule has 1 spiro atoms. The van der Waals surface area contributed by atoms with Crippen molar-refractivity contribution in [3.05, 3.63) is 70.3 Å². The number of benzene rings is 2. The minimum absolute atomic E-state index is 0.00425. The van der Waals surface area contributed by atoms with Gasteiger partial charge < -0.3 is 24.2 Å². The lowest BCUT2D eigenvalue weighted by Gasteiger charge is -2.46. The number of aliphatic hydroxyl groups excluding tert-OH is 1. The predicted octanol–water partition coefficient (Wildman–Crippen LogP) is 5.03. The second kappa shape index (κ2) is 13.8. The lowest BCUT2D eigenvalue weighted by Crippen LogP contribution is -2.49. The number of fused-ring (bicyclic) bond motifs is 4. The number of aliphatic hydroxyl groups is 1. The molecule has 250 valence electrons. The van der Waals surface area contributed by atoms with Gasteiger partial charge >= 0.3 is 0 Å². The van der Waals surface area contributed by atoms with Gasteiger partial charge in [-0.25, -0.2) is 13.1 Å². The third-order valence-electron chi connectivity index (χ3n) is 10.5. The number of halogens is 1. The van der Waals surface area contributed by atoms with Gasteiger partial charge in [0.15, 0.2) is 0 Å². The van der Waals surface area contributed by atoms with Crippen LogP contribution in [0.25, 0.3) is 0 Å². The van der Waals surface area contributed by atoms with Gasteiger partial charge in [0.25, 0.3) is 5.91 Å². The molecule has 2 aromatic rings. The predicted molar refractivity (Wildman–Crippen MR) is 178 cm³/mol. The Hall–Kier alpha value is -2.63. The monoisotopic (exact) mass is 672 g/mol. The number of nitrogens with one attached hydrogen (secondary N) is 1. The number of methoxy groups -OCH3 is 2. The largest absolute Gasteiger partial charge is 0.490 e. The first kappa shape index (κ1) is 33.3. The number of carbonyl (C=O) groups is 1. The molecule has 6 rings (SSSR count). The number of aryl methyl sites for hydroxylation is 1. The Morgan fingerprint density at radius 1 is 1.17 bits per heavy atom. The average molecular weight is 673 g/mol. The first-order valence-corrected chi connectivity index (χ1v) is 18.3. The van der Waals surface area contributed by atoms with Gasteiger partial charge in [-0.1, -0.05) is 29.8 Å². The molecule has 2 heterocycles. The van der Waals surface area contributed by atoms with Crippen LogP contribution in [0.3, 0.4) is 0 Å². The maximum atomic E-state index is 13.6. The second-order valence-electron chi connectivity index (χ2n) is 13.4. The van der Waals surface area contributed by atoms with Crippen LogP contribution in [-0.4, -0.2) is 77.4 Å². The van der Waals surface area contributed by atoms with Crippen LogP contribution < -0.4 is 14.4 Å². The summed E-state index contributed by atoms with van der Waals surface area (Å²) in [6.45, 7) is 1.97. The van der Waals surface area contributed by atoms with Crippen LogP contribution in [0.5, 0.6) is 5.75 Å². The molecule has 2 bridgehead atoms. The minimum Gasteiger partial charge on any atom is -0.490 e. The Bertz CT molecular complexity index is 1570. The van der Waals surface area contributed by atoms with Crippen LogP contribution >= 0.6 is 11.6 Å². The highest BCUT2D eigenvalue weighted by atomic mass is 35.5. The summed E-state index contributed by atoms with van der Waals surface area (Å²) in [6, 6.07) is 11.4. The smallest absolute Gasteiger partial charge is 0.264 e. The van der Waals surface area contributed by atoms with Crippen LogP contribution in [-0.2, 0) is 31.3 Å². The Labute approximate surface area is 277 Å². The van der Waals surface area contributed by atoms with E-state index < -0.39 is 27.3 Å². The zero-order valence-corrected chi connectivity index (χ0v) is 28.2. The Kier molecular flexibility index (Phi) is 10.0. The van der Waals surface area contributed by atoms with Crippen molar-refractivity contribution in [1.29, 1.82) is 0 Å². The third kappa shape index (κ3) is 6.83. The Morgan fingerprint density at radius 3 is 2.78 bits per heavy atom. The SMILES string of the molecule is COCC(O)C[C@H]1CC/C=C/C(OC)[C@@H]2CC[C@H]2CN2C[C@@]3(CCCc4cc(Cl)ccc43)COc3ccc(cc32)C(=O)NS1(=O)=O. The minimum atomic E-state index is -4.13. The maximum Gasteiger partial charge on any atom is 0.264 e. The summed E-state index contributed by atoms with van der Waals surface area (Å²) in [4.78, 5) is 15.9. The molecule has 0 aromatic heterocycles. The van der Waals surface area contributed by atoms with Crippen LogP contribution in [0.2, 0.25) is 5.02 Å². The van der Waals surface area contributed by atoms with Crippen molar-refractivity contribution in [3.8, 4) is 5.75 Å². The van der Waals surface area contributed by atoms with E-state index in [1.54, 1.807) is 25.3 Å². The Balaban J connectivity index is 1.39. The third-order valence-corrected chi connectivity index (χ3v) is 12.5. The van der Waals surface area contributed by atoms with Crippen molar-refractivity contribution >= 4 is 33.2 Å². The number of allylic oxidation sites excluding steroid dienone is 1. The molecule has 6 atom stereocenters. The fourth-order valence-corrected chi connectivity index (χ4v) is 9.60. The summed E-state index contributed by atoms with van der Waals surface area (Å²) in [5, 5.41) is 10.2. The van der Waals surface area contributed by atoms with Gasteiger partial charge in [-0.15, -0.1) is 0 Å². The fourth-order valence-electron chi connectivity index (χ4n) is 7.94. The molecule has 2 aliphatic carbocycles. The van der Waals surface area contributed by atoms with Crippen LogP contribution in [0.4, 0.5) is 5.69 Å². The molecule has 1 saturated carbocycles. The summed E-state index contributed by atoms with van der Waals surface area (Å²) >= 11 is 6.42. The van der Waals surface area contributed by atoms with Gasteiger partial charge in [0.05, 0.1) is 36.4 Å². The number of carbonyl (C=O) groups excluding carboxylic acids is 1. The fraction of sp³-hybridized carbons (Fsp3) is 0.571. The number of hydrogen-bond donors (Lipinski definition) is 2. The highest BCUT2D eigenvalue weighted by molar-refractivity contribution is 7.90. The van der Waals surface area contributed by atoms with Crippen molar-refractivity contribution in [2.45, 2.75) is 74.2 Å². The van der Waals surface area contributed by atoms with Gasteiger partial charge in [0.1, 0.15) is 5.75 Å². The standard InChI is InChI=1S/C35H45ClN2O7S/c1-43-20-27(39)18-28-7-3-4-8-32(44-2)29-12-9-25(29)19-38-21-35(15-5-6-23-16-26(36)11-13-30(23)35)22-45-33-14-10-24(17-31(33)38)34(40)37-46(28,41)42/h4,8,10-11,13-14,16-17,25,27-29,32,39H,3,5-7,9,12,15,18-22H2,1-2H3,(H,37,40)/b8-4+/t25-,27?,28+,29+,32?,35-/m0/s1. The van der Waals surface area contributed by atoms with Gasteiger partial charge in [0, 0.05) is 43.3 Å². The molecule has 1 amide bonds. The number of amides is 1. The zero-order valence-electron chi connectivity index (χ0n) is 26.6. The van der Waals surface area contributed by atoms with E-state index in [4.69, 9.17) is 25.8 Å². The van der Waals surface area contributed by atoms with E-state index in [0.717, 1.165) is 49.4 Å². The number of ether oxygens (including phenoxy) is 3. The summed E-state index contributed by atoms with van der Waals surface area (Å²) in [5.41, 5.74) is 3.28. The van der Waals surface area contributed by atoms with E-state index in [2.05, 4.69) is 27.8 Å². The average Bonchev–Trinajstić information content (AvgIpc) is 3.16. The van der Waals surface area contributed by atoms with Gasteiger partial charge in [-0.05, 0) is 105 Å². The number of sulfonamides is 1. The quantitative estimate of drug-likeness (QED) is 0.426. The second-order valence-corrected chi connectivity index (χ2v) is 15.8. The van der Waals surface area contributed by atoms with Crippen LogP contribution in [0.1, 0.15) is 66.4 Å². The number of nitrogens with zero attached hydrogens (tertiary/aromatic N) is 1. The molecule has 2 aliphatic heterocycles. The molecule has 46 heavy (non-hydrogen) atoms. The molecule has 2 N–H and O–H groups in total. The molecule has 9 nitrogen and oxygen atoms in total. The van der Waals surface area contributed by atoms with Crippen molar-refractivity contribution in [2.75, 3.05) is 45.4 Å². The van der Waals surface area contributed by atoms with Gasteiger partial charge in [-0.2, -0.15) is 0 Å². The van der Waals surface area contributed by atoms with E-state index in [-0.39, 0.29) is 36.5 Å². The topological polar surface area (TPSA) is 114 Å². The van der Waals surface area contributed by atoms with Gasteiger partial charge in [-0.3, -0.25) is 4.79 Å². The molecule has 2 aromatic carbocycles. The molecule has 4 aliphatic rings. The number of rotatable bonds is 5. The van der Waals surface area contributed by atoms with E-state index in [1.165, 1.54) is 18.2 Å². The summed E-state index contributed by atoms with van der Waals surface area (Å²) in [5.74, 6) is 0.658. The zero-order chi connectivity index (χ0) is 32.5. The van der Waals surface area contributed by atoms with Crippen molar-refractivity contribution in [1.82, 2.24) is 4.72 Å². The van der Waals surface area contributed by atoms with Crippen LogP contribution in [0.15, 0.2) is 48.6 Å². The first-order chi connectivity index (χ1) is 22.1. The molecule has 0 radical (unpaired) electrons.